The Bertz CT molecular complexity index is 910. The zero-order valence-electron chi connectivity index (χ0n) is 16.1. The second-order valence-electron chi connectivity index (χ2n) is 6.93. The average molecular weight is 404 g/mol. The molecule has 0 spiro atoms. The van der Waals surface area contributed by atoms with Crippen LogP contribution in [0, 0.1) is 12.8 Å². The number of hydrogen-bond acceptors (Lipinski definition) is 4. The summed E-state index contributed by atoms with van der Waals surface area (Å²) in [4.78, 5) is 24.7. The van der Waals surface area contributed by atoms with Crippen molar-refractivity contribution in [1.82, 2.24) is 15.6 Å². The standard InChI is InChI=1S/C20H25N3O4S/c1-14(2)13-18(23-28(26,27)17-11-9-15(3)10-12-17)20(25)22-21-19(24)16-7-5-4-6-8-16/h4-12,14,18,23H,13H2,1-3H3,(H,21,24)(H,22,25). The molecule has 150 valence electrons. The average Bonchev–Trinajstić information content (AvgIpc) is 2.65. The van der Waals surface area contributed by atoms with Gasteiger partial charge in [0.1, 0.15) is 6.04 Å². The van der Waals surface area contributed by atoms with Crippen LogP contribution in [-0.4, -0.2) is 26.3 Å². The number of carbonyl (C=O) groups is 2. The van der Waals surface area contributed by atoms with Crippen LogP contribution in [0.3, 0.4) is 0 Å². The molecule has 0 bridgehead atoms. The Morgan fingerprint density at radius 3 is 2.11 bits per heavy atom. The van der Waals surface area contributed by atoms with E-state index in [1.165, 1.54) is 12.1 Å². The number of hydrazine groups is 1. The molecule has 8 heteroatoms. The monoisotopic (exact) mass is 403 g/mol. The summed E-state index contributed by atoms with van der Waals surface area (Å²) in [6.07, 6.45) is 0.276. The van der Waals surface area contributed by atoms with Crippen molar-refractivity contribution >= 4 is 21.8 Å². The predicted octanol–water partition coefficient (Wildman–Crippen LogP) is 2.15. The van der Waals surface area contributed by atoms with Crippen molar-refractivity contribution in [3.63, 3.8) is 0 Å². The summed E-state index contributed by atoms with van der Waals surface area (Å²) in [7, 11) is -3.88. The van der Waals surface area contributed by atoms with Gasteiger partial charge in [-0.25, -0.2) is 8.42 Å². The van der Waals surface area contributed by atoms with Crippen molar-refractivity contribution < 1.29 is 18.0 Å². The van der Waals surface area contributed by atoms with Crippen molar-refractivity contribution in [1.29, 1.82) is 0 Å². The fraction of sp³-hybridized carbons (Fsp3) is 0.300. The molecule has 28 heavy (non-hydrogen) atoms. The minimum absolute atomic E-state index is 0.0568. The zero-order chi connectivity index (χ0) is 20.7. The molecule has 0 aromatic heterocycles. The van der Waals surface area contributed by atoms with Crippen molar-refractivity contribution in [2.45, 2.75) is 38.1 Å². The predicted molar refractivity (Wildman–Crippen MR) is 107 cm³/mol. The van der Waals surface area contributed by atoms with E-state index in [2.05, 4.69) is 15.6 Å². The van der Waals surface area contributed by atoms with Gasteiger partial charge in [0, 0.05) is 5.56 Å². The molecule has 2 aromatic rings. The van der Waals surface area contributed by atoms with Gasteiger partial charge in [-0.2, -0.15) is 4.72 Å². The minimum atomic E-state index is -3.88. The first kappa shape index (κ1) is 21.6. The molecule has 1 atom stereocenters. The van der Waals surface area contributed by atoms with Crippen molar-refractivity contribution in [3.05, 3.63) is 65.7 Å². The number of sulfonamides is 1. The molecule has 0 fully saturated rings. The van der Waals surface area contributed by atoms with Gasteiger partial charge in [-0.15, -0.1) is 0 Å². The van der Waals surface area contributed by atoms with Gasteiger partial charge < -0.3 is 0 Å². The molecule has 1 unspecified atom stereocenters. The van der Waals surface area contributed by atoms with Crippen molar-refractivity contribution in [2.75, 3.05) is 0 Å². The number of nitrogens with one attached hydrogen (secondary N) is 3. The lowest BCUT2D eigenvalue weighted by Crippen LogP contribution is -2.52. The van der Waals surface area contributed by atoms with Gasteiger partial charge >= 0.3 is 0 Å². The van der Waals surface area contributed by atoms with Crippen LogP contribution in [0.5, 0.6) is 0 Å². The quantitative estimate of drug-likeness (QED) is 0.616. The van der Waals surface area contributed by atoms with Gasteiger partial charge in [-0.3, -0.25) is 20.4 Å². The number of hydrogen-bond donors (Lipinski definition) is 3. The number of amides is 2. The van der Waals surface area contributed by atoms with Crippen LogP contribution in [-0.2, 0) is 14.8 Å². The van der Waals surface area contributed by atoms with E-state index < -0.39 is 27.9 Å². The summed E-state index contributed by atoms with van der Waals surface area (Å²) in [6, 6.07) is 13.7. The van der Waals surface area contributed by atoms with Crippen LogP contribution >= 0.6 is 0 Å². The Morgan fingerprint density at radius 1 is 0.929 bits per heavy atom. The first-order valence-electron chi connectivity index (χ1n) is 8.93. The van der Waals surface area contributed by atoms with Crippen molar-refractivity contribution in [2.24, 2.45) is 5.92 Å². The molecule has 2 amide bonds. The van der Waals surface area contributed by atoms with E-state index >= 15 is 0 Å². The summed E-state index contributed by atoms with van der Waals surface area (Å²) in [5, 5.41) is 0. The highest BCUT2D eigenvalue weighted by Crippen LogP contribution is 2.13. The molecule has 0 heterocycles. The lowest BCUT2D eigenvalue weighted by Gasteiger charge is -2.20. The number of rotatable bonds is 7. The van der Waals surface area contributed by atoms with E-state index in [-0.39, 0.29) is 17.2 Å². The third kappa shape index (κ3) is 6.17. The zero-order valence-corrected chi connectivity index (χ0v) is 16.9. The van der Waals surface area contributed by atoms with Gasteiger partial charge in [0.05, 0.1) is 4.90 Å². The lowest BCUT2D eigenvalue weighted by molar-refractivity contribution is -0.123. The summed E-state index contributed by atoms with van der Waals surface area (Å²) < 4.78 is 27.7. The molecule has 3 N–H and O–H groups in total. The Labute approximate surface area is 165 Å². The van der Waals surface area contributed by atoms with Crippen LogP contribution in [0.4, 0.5) is 0 Å². The number of carbonyl (C=O) groups excluding carboxylic acids is 2. The maximum Gasteiger partial charge on any atom is 0.269 e. The molecule has 2 aromatic carbocycles. The van der Waals surface area contributed by atoms with Gasteiger partial charge in [0.25, 0.3) is 11.8 Å². The second kappa shape index (κ2) is 9.48. The fourth-order valence-electron chi connectivity index (χ4n) is 2.52. The van der Waals surface area contributed by atoms with Gasteiger partial charge in [0.15, 0.2) is 0 Å². The fourth-order valence-corrected chi connectivity index (χ4v) is 3.73. The molecule has 0 saturated carbocycles. The van der Waals surface area contributed by atoms with Crippen LogP contribution in [0.1, 0.15) is 36.2 Å². The smallest absolute Gasteiger partial charge is 0.269 e. The largest absolute Gasteiger partial charge is 0.271 e. The normalized spacial score (nSPS) is 12.4. The van der Waals surface area contributed by atoms with Gasteiger partial charge in [0.2, 0.25) is 10.0 Å². The Balaban J connectivity index is 2.08. The summed E-state index contributed by atoms with van der Waals surface area (Å²) in [5.41, 5.74) is 5.92. The highest BCUT2D eigenvalue weighted by molar-refractivity contribution is 7.89. The van der Waals surface area contributed by atoms with E-state index in [9.17, 15) is 18.0 Å². The minimum Gasteiger partial charge on any atom is -0.271 e. The SMILES string of the molecule is Cc1ccc(S(=O)(=O)NC(CC(C)C)C(=O)NNC(=O)c2ccccc2)cc1. The van der Waals surface area contributed by atoms with E-state index in [4.69, 9.17) is 0 Å². The van der Waals surface area contributed by atoms with Crippen LogP contribution in [0.2, 0.25) is 0 Å². The van der Waals surface area contributed by atoms with E-state index in [0.717, 1.165) is 5.56 Å². The maximum absolute atomic E-state index is 12.6. The topological polar surface area (TPSA) is 104 Å². The molecule has 0 aliphatic rings. The summed E-state index contributed by atoms with van der Waals surface area (Å²) in [6.45, 7) is 5.61. The van der Waals surface area contributed by atoms with E-state index in [1.807, 2.05) is 20.8 Å². The summed E-state index contributed by atoms with van der Waals surface area (Å²) in [5.74, 6) is -1.06. The Kier molecular flexibility index (Phi) is 7.31. The molecule has 0 aliphatic heterocycles. The third-order valence-electron chi connectivity index (χ3n) is 3.99. The first-order valence-corrected chi connectivity index (χ1v) is 10.4. The third-order valence-corrected chi connectivity index (χ3v) is 5.48. The van der Waals surface area contributed by atoms with Crippen LogP contribution in [0.15, 0.2) is 59.5 Å². The van der Waals surface area contributed by atoms with E-state index in [1.54, 1.807) is 42.5 Å². The molecule has 2 rings (SSSR count). The number of benzene rings is 2. The van der Waals surface area contributed by atoms with Crippen LogP contribution in [0.25, 0.3) is 0 Å². The number of aryl methyl sites for hydroxylation is 1. The first-order chi connectivity index (χ1) is 13.2. The Morgan fingerprint density at radius 2 is 1.54 bits per heavy atom. The van der Waals surface area contributed by atoms with Gasteiger partial charge in [-0.1, -0.05) is 49.7 Å². The molecule has 0 aliphatic carbocycles. The second-order valence-corrected chi connectivity index (χ2v) is 8.64. The molecule has 0 radical (unpaired) electrons. The highest BCUT2D eigenvalue weighted by atomic mass is 32.2. The summed E-state index contributed by atoms with van der Waals surface area (Å²) >= 11 is 0. The van der Waals surface area contributed by atoms with Gasteiger partial charge in [-0.05, 0) is 43.5 Å². The van der Waals surface area contributed by atoms with Crippen LogP contribution < -0.4 is 15.6 Å². The maximum atomic E-state index is 12.6. The molecule has 0 saturated heterocycles. The van der Waals surface area contributed by atoms with E-state index in [0.29, 0.717) is 5.56 Å². The molecular formula is C20H25N3O4S. The molecular weight excluding hydrogens is 378 g/mol. The highest BCUT2D eigenvalue weighted by Gasteiger charge is 2.27. The molecule has 7 nitrogen and oxygen atoms in total. The Hall–Kier alpha value is -2.71. The lowest BCUT2D eigenvalue weighted by atomic mass is 10.0. The van der Waals surface area contributed by atoms with Crippen molar-refractivity contribution in [3.8, 4) is 0 Å².